The number of rotatable bonds is 3. The topological polar surface area (TPSA) is 45.0 Å². The molecule has 2 aliphatic carbocycles. The van der Waals surface area contributed by atoms with Crippen LogP contribution in [0, 0.1) is 0 Å². The lowest BCUT2D eigenvalue weighted by atomic mass is 9.64. The minimum Gasteiger partial charge on any atom is -0.309 e. The van der Waals surface area contributed by atoms with Crippen LogP contribution in [0.15, 0.2) is 270 Å². The number of hydrogen-bond donors (Lipinski definition) is 0. The van der Waals surface area contributed by atoms with Crippen molar-refractivity contribution < 1.29 is 0 Å². The quantitative estimate of drug-likeness (QED) is 0.131. The highest BCUT2D eigenvalue weighted by molar-refractivity contribution is 6.13. The van der Waals surface area contributed by atoms with Crippen LogP contribution in [0.5, 0.6) is 0 Å². The molecule has 89 heavy (non-hydrogen) atoms. The summed E-state index contributed by atoms with van der Waals surface area (Å²) in [6.07, 6.45) is 0. The number of anilines is 6. The molecule has 4 heterocycles. The first-order valence-electron chi connectivity index (χ1n) is 31.2. The zero-order valence-electron chi connectivity index (χ0n) is 50.5. The smallest absolute Gasteiger partial charge is 0.197 e. The van der Waals surface area contributed by atoms with Gasteiger partial charge >= 0.3 is 0 Å². The molecule has 0 atom stereocenters. The Balaban J connectivity index is 0.999. The highest BCUT2D eigenvalue weighted by Gasteiger charge is 2.54. The van der Waals surface area contributed by atoms with Gasteiger partial charge in [0.2, 0.25) is 0 Å². The molecule has 14 aromatic rings. The molecule has 2 aromatic heterocycles. The molecule has 0 N–H and O–H groups in total. The molecule has 5 nitrogen and oxygen atoms in total. The van der Waals surface area contributed by atoms with Gasteiger partial charge in [0.15, 0.2) is 10.9 Å². The van der Waals surface area contributed by atoms with E-state index in [1.54, 1.807) is 0 Å². The first-order chi connectivity index (χ1) is 43.3. The van der Waals surface area contributed by atoms with Gasteiger partial charge in [0, 0.05) is 27.1 Å². The fourth-order valence-corrected chi connectivity index (χ4v) is 16.6. The maximum absolute atomic E-state index is 16.2. The Labute approximate surface area is 517 Å². The largest absolute Gasteiger partial charge is 0.309 e. The van der Waals surface area contributed by atoms with Crippen molar-refractivity contribution in [2.24, 2.45) is 0 Å². The lowest BCUT2D eigenvalue weighted by Crippen LogP contribution is -2.37. The van der Waals surface area contributed by atoms with E-state index in [-0.39, 0.29) is 21.7 Å². The zero-order valence-corrected chi connectivity index (χ0v) is 50.5. The van der Waals surface area contributed by atoms with Gasteiger partial charge in [0.05, 0.1) is 61.5 Å². The van der Waals surface area contributed by atoms with Gasteiger partial charge in [0.25, 0.3) is 0 Å². The summed E-state index contributed by atoms with van der Waals surface area (Å²) in [5, 5.41) is 2.21. The summed E-state index contributed by atoms with van der Waals surface area (Å²) in [6, 6.07) is 95.3. The molecule has 12 aromatic carbocycles. The Kier molecular flexibility index (Phi) is 10.4. The molecule has 18 rings (SSSR count). The molecular formula is C84H61N3O2. The molecule has 2 spiro atoms. The normalized spacial score (nSPS) is 14.6. The lowest BCUT2D eigenvalue weighted by Gasteiger charge is -2.47. The third kappa shape index (κ3) is 6.64. The van der Waals surface area contributed by atoms with E-state index in [0.29, 0.717) is 27.1 Å². The number of nitrogens with zero attached hydrogens (tertiary/aromatic N) is 3. The van der Waals surface area contributed by atoms with E-state index < -0.39 is 10.8 Å². The van der Waals surface area contributed by atoms with Crippen LogP contribution in [0.4, 0.5) is 34.1 Å². The van der Waals surface area contributed by atoms with Gasteiger partial charge in [-0.3, -0.25) is 9.59 Å². The van der Waals surface area contributed by atoms with Crippen molar-refractivity contribution in [1.82, 2.24) is 4.40 Å². The van der Waals surface area contributed by atoms with E-state index in [1.807, 2.05) is 0 Å². The second-order valence-electron chi connectivity index (χ2n) is 27.0. The second-order valence-corrected chi connectivity index (χ2v) is 27.0. The molecule has 0 amide bonds. The number of hydrogen-bond acceptors (Lipinski definition) is 4. The van der Waals surface area contributed by atoms with E-state index in [4.69, 9.17) is 0 Å². The Morgan fingerprint density at radius 2 is 0.584 bits per heavy atom. The van der Waals surface area contributed by atoms with Crippen molar-refractivity contribution >= 4 is 72.2 Å². The monoisotopic (exact) mass is 1140 g/mol. The fraction of sp³-hybridized carbons (Fsp3) is 0.119. The van der Waals surface area contributed by atoms with Crippen LogP contribution in [0.25, 0.3) is 71.5 Å². The maximum Gasteiger partial charge on any atom is 0.197 e. The molecule has 0 fully saturated rings. The van der Waals surface area contributed by atoms with Crippen molar-refractivity contribution in [3.63, 3.8) is 0 Å². The molecule has 424 valence electrons. The molecular weight excluding hydrogens is 1080 g/mol. The second kappa shape index (κ2) is 18.0. The van der Waals surface area contributed by atoms with Crippen LogP contribution in [-0.4, -0.2) is 4.40 Å². The molecule has 0 unspecified atom stereocenters. The first-order valence-corrected chi connectivity index (χ1v) is 31.2. The fourth-order valence-electron chi connectivity index (χ4n) is 16.6. The lowest BCUT2D eigenvalue weighted by molar-refractivity contribution is 0.591. The summed E-state index contributed by atoms with van der Waals surface area (Å²) in [7, 11) is 0. The van der Waals surface area contributed by atoms with Gasteiger partial charge < -0.3 is 14.2 Å². The summed E-state index contributed by atoms with van der Waals surface area (Å²) < 4.78 is 2.20. The van der Waals surface area contributed by atoms with Gasteiger partial charge in [-0.1, -0.05) is 230 Å². The van der Waals surface area contributed by atoms with Crippen LogP contribution >= 0.6 is 0 Å². The minimum absolute atomic E-state index is 0.106. The molecule has 2 aliphatic heterocycles. The standard InChI is InChI=1S/C84H61N3O2/c1-81(2,3)51-42-44-69-57(48-51)79(88)59-46-50(47-60-78(59)87(69)70-45-43-52(82(4,5)6)49-58(70)80(60)89)77-75(85-71-36-19-15-32-65(71)83(66-33-16-20-37-72(66)85)61-28-11-7-24-53(61)54-25-8-12-29-62(54)83)40-23-41-76(77)86-73-38-21-17-34-67(73)84(68-35-18-22-39-74(68)86)63-30-13-9-26-55(63)56-27-10-14-31-64(56)84/h7-49H,1-6H3. The van der Waals surface area contributed by atoms with Crippen LogP contribution in [-0.2, 0) is 21.7 Å². The first kappa shape index (κ1) is 51.6. The molecule has 0 radical (unpaired) electrons. The van der Waals surface area contributed by atoms with Crippen LogP contribution in [0.3, 0.4) is 0 Å². The average Bonchev–Trinajstić information content (AvgIpc) is 1.62. The zero-order chi connectivity index (χ0) is 60.0. The van der Waals surface area contributed by atoms with E-state index >= 15 is 9.59 Å². The van der Waals surface area contributed by atoms with Gasteiger partial charge in [-0.05, 0) is 167 Å². The molecule has 4 aliphatic rings. The van der Waals surface area contributed by atoms with Crippen molar-refractivity contribution in [2.45, 2.75) is 63.2 Å². The number of benzene rings is 12. The summed E-state index contributed by atoms with van der Waals surface area (Å²) in [5.41, 5.74) is 24.5. The van der Waals surface area contributed by atoms with Crippen molar-refractivity contribution in [1.29, 1.82) is 0 Å². The third-order valence-electron chi connectivity index (χ3n) is 20.4. The molecule has 5 heteroatoms. The minimum atomic E-state index is -0.654. The van der Waals surface area contributed by atoms with Gasteiger partial charge in [-0.25, -0.2) is 0 Å². The van der Waals surface area contributed by atoms with E-state index in [9.17, 15) is 0 Å². The van der Waals surface area contributed by atoms with Gasteiger partial charge in [0.1, 0.15) is 0 Å². The third-order valence-corrected chi connectivity index (χ3v) is 20.4. The average molecular weight is 1140 g/mol. The van der Waals surface area contributed by atoms with Crippen LogP contribution < -0.4 is 20.7 Å². The summed E-state index contributed by atoms with van der Waals surface area (Å²) in [6.45, 7) is 13.2. The number of aromatic nitrogens is 1. The Morgan fingerprint density at radius 3 is 0.910 bits per heavy atom. The number of fused-ring (bicyclic) bond motifs is 22. The van der Waals surface area contributed by atoms with Crippen molar-refractivity contribution in [3.8, 4) is 33.4 Å². The SMILES string of the molecule is CC(C)(C)c1ccc2c(c1)c(=O)c1cc(-c3c(N4c5ccccc5C5(c6ccccc6-c6ccccc65)c5ccccc54)cccc3N3c4ccccc4C4(c5ccccc5-c5ccccc54)c4ccccc43)cc3c(=O)c4cc(C(C)(C)C)ccc4n2c13. The summed E-state index contributed by atoms with van der Waals surface area (Å²) >= 11 is 0. The highest BCUT2D eigenvalue weighted by Crippen LogP contribution is 2.67. The molecule has 0 bridgehead atoms. The Hall–Kier alpha value is -10.6. The Morgan fingerprint density at radius 1 is 0.292 bits per heavy atom. The molecule has 0 saturated carbocycles. The number of para-hydroxylation sites is 4. The van der Waals surface area contributed by atoms with E-state index in [0.717, 1.165) is 67.4 Å². The van der Waals surface area contributed by atoms with Crippen LogP contribution in [0.1, 0.15) is 97.2 Å². The predicted octanol–water partition coefficient (Wildman–Crippen LogP) is 20.1. The summed E-state index contributed by atoms with van der Waals surface area (Å²) in [4.78, 5) is 37.3. The summed E-state index contributed by atoms with van der Waals surface area (Å²) in [5.74, 6) is 0. The van der Waals surface area contributed by atoms with Crippen LogP contribution in [0.2, 0.25) is 0 Å². The van der Waals surface area contributed by atoms with Crippen molar-refractivity contribution in [3.05, 3.63) is 337 Å². The van der Waals surface area contributed by atoms with Crippen molar-refractivity contribution in [2.75, 3.05) is 9.80 Å². The predicted molar refractivity (Wildman–Crippen MR) is 368 cm³/mol. The Bertz CT molecular complexity index is 5040. The highest BCUT2D eigenvalue weighted by atomic mass is 16.1. The van der Waals surface area contributed by atoms with E-state index in [2.05, 4.69) is 317 Å². The van der Waals surface area contributed by atoms with Gasteiger partial charge in [-0.2, -0.15) is 0 Å². The van der Waals surface area contributed by atoms with E-state index in [1.165, 1.54) is 66.8 Å². The number of pyridine rings is 2. The van der Waals surface area contributed by atoms with Gasteiger partial charge in [-0.15, -0.1) is 0 Å². The molecule has 0 saturated heterocycles. The maximum atomic E-state index is 16.2.